The first kappa shape index (κ1) is 34.7. The molecule has 0 aliphatic heterocycles. The molecule has 8 bridgehead atoms. The van der Waals surface area contributed by atoms with Gasteiger partial charge in [-0.3, -0.25) is 4.99 Å². The number of rotatable bonds is 8. The molecule has 8 fully saturated rings. The summed E-state index contributed by atoms with van der Waals surface area (Å²) in [6.07, 6.45) is 18.0. The van der Waals surface area contributed by atoms with E-state index in [0.29, 0.717) is 19.6 Å². The van der Waals surface area contributed by atoms with E-state index in [1.165, 1.54) is 82.6 Å². The molecule has 8 saturated carbocycles. The number of aliphatic hydroxyl groups is 1. The second kappa shape index (κ2) is 14.5. The van der Waals surface area contributed by atoms with E-state index >= 15 is 0 Å². The zero-order chi connectivity index (χ0) is 34.2. The average molecular weight is 704 g/mol. The summed E-state index contributed by atoms with van der Waals surface area (Å²) >= 11 is 1.06. The summed E-state index contributed by atoms with van der Waals surface area (Å²) in [5, 5.41) is 45.5. The van der Waals surface area contributed by atoms with Gasteiger partial charge in [-0.2, -0.15) is 0 Å². The minimum absolute atomic E-state index is 0.133. The third kappa shape index (κ3) is 6.85. The third-order valence-corrected chi connectivity index (χ3v) is 13.2. The van der Waals surface area contributed by atoms with Crippen LogP contribution in [0.5, 0.6) is 17.2 Å². The van der Waals surface area contributed by atoms with Crippen LogP contribution < -0.4 is 5.32 Å². The van der Waals surface area contributed by atoms with Crippen molar-refractivity contribution in [2.24, 2.45) is 40.5 Å². The van der Waals surface area contributed by atoms with Crippen molar-refractivity contribution in [3.05, 3.63) is 65.2 Å². The quantitative estimate of drug-likeness (QED) is 0.0944. The third-order valence-electron chi connectivity index (χ3n) is 13.2. The van der Waals surface area contributed by atoms with E-state index < -0.39 is 0 Å². The number of nitrogens with one attached hydrogen (secondary N) is 1. The van der Waals surface area contributed by atoms with Gasteiger partial charge in [-0.05, 0) is 152 Å². The fourth-order valence-electron chi connectivity index (χ4n) is 12.2. The molecule has 0 amide bonds. The van der Waals surface area contributed by atoms with Crippen molar-refractivity contribution < 1.29 is 41.5 Å². The van der Waals surface area contributed by atoms with Crippen molar-refractivity contribution in [2.45, 2.75) is 87.9 Å². The first-order valence-corrected chi connectivity index (χ1v) is 19.2. The molecule has 0 aromatic heterocycles. The second-order valence-electron chi connectivity index (χ2n) is 16.5. The van der Waals surface area contributed by atoms with E-state index in [4.69, 9.17) is 8.78 Å². The molecule has 0 spiro atoms. The molecule has 0 saturated heterocycles. The number of aromatic hydroxyl groups is 3. The summed E-state index contributed by atoms with van der Waals surface area (Å²) in [5.41, 5.74) is 3.70. The van der Waals surface area contributed by atoms with Gasteiger partial charge < -0.3 is 25.7 Å². The zero-order valence-electron chi connectivity index (χ0n) is 28.6. The Balaban J connectivity index is 0.000000159. The Labute approximate surface area is 299 Å². The molecular formula is C41H52N2O5V. The molecule has 8 heteroatoms. The van der Waals surface area contributed by atoms with Crippen LogP contribution in [0, 0.1) is 35.5 Å². The zero-order valence-corrected chi connectivity index (χ0v) is 30.0. The predicted octanol–water partition coefficient (Wildman–Crippen LogP) is 7.46. The summed E-state index contributed by atoms with van der Waals surface area (Å²) in [5.74, 6) is 5.92. The normalized spacial score (nSPS) is 33.3. The SMILES string of the molecule is OCCNCCN=Cc1c(O)ccc2ccccc12.Oc1cc(C23CC4CC(CC(C4)C2)C3)cc(C23CC4CC(CC(C4)C2)C3)c1O.[O]=[V]. The van der Waals surface area contributed by atoms with Crippen LogP contribution in [0.15, 0.2) is 53.5 Å². The predicted molar refractivity (Wildman–Crippen MR) is 188 cm³/mol. The molecule has 8 aliphatic rings. The van der Waals surface area contributed by atoms with E-state index in [1.807, 2.05) is 36.4 Å². The van der Waals surface area contributed by atoms with Gasteiger partial charge in [-0.25, -0.2) is 0 Å². The molecule has 0 heterocycles. The van der Waals surface area contributed by atoms with Gasteiger partial charge in [0, 0.05) is 30.4 Å². The van der Waals surface area contributed by atoms with Crippen molar-refractivity contribution in [3.63, 3.8) is 0 Å². The Morgan fingerprint density at radius 2 is 1.27 bits per heavy atom. The minimum atomic E-state index is 0.133. The van der Waals surface area contributed by atoms with Gasteiger partial charge in [-0.1, -0.05) is 36.4 Å². The molecular weight excluding hydrogens is 651 g/mol. The summed E-state index contributed by atoms with van der Waals surface area (Å²) in [4.78, 5) is 4.30. The van der Waals surface area contributed by atoms with Gasteiger partial charge in [0.25, 0.3) is 0 Å². The molecule has 0 radical (unpaired) electrons. The average Bonchev–Trinajstić information content (AvgIpc) is 3.08. The van der Waals surface area contributed by atoms with Crippen LogP contribution in [0.2, 0.25) is 0 Å². The number of hydrogen-bond acceptors (Lipinski definition) is 7. The molecule has 0 atom stereocenters. The van der Waals surface area contributed by atoms with E-state index in [1.54, 1.807) is 12.3 Å². The Bertz CT molecular complexity index is 1600. The number of phenols is 3. The number of aliphatic hydroxyl groups excluding tert-OH is 1. The van der Waals surface area contributed by atoms with E-state index in [9.17, 15) is 15.3 Å². The van der Waals surface area contributed by atoms with Gasteiger partial charge >= 0.3 is 21.0 Å². The van der Waals surface area contributed by atoms with E-state index in [2.05, 4.69) is 16.4 Å². The summed E-state index contributed by atoms with van der Waals surface area (Å²) < 4.78 is 8.19. The van der Waals surface area contributed by atoms with Crippen LogP contribution in [-0.2, 0) is 31.9 Å². The van der Waals surface area contributed by atoms with Crippen molar-refractivity contribution in [2.75, 3.05) is 26.2 Å². The van der Waals surface area contributed by atoms with E-state index in [0.717, 1.165) is 74.8 Å². The number of fused-ring (bicyclic) bond motifs is 1. The van der Waals surface area contributed by atoms with Crippen LogP contribution in [0.25, 0.3) is 10.8 Å². The number of hydrogen-bond donors (Lipinski definition) is 5. The molecule has 3 aromatic carbocycles. The number of nitrogens with zero attached hydrogens (tertiary/aromatic N) is 1. The van der Waals surface area contributed by atoms with Gasteiger partial charge in [-0.15, -0.1) is 0 Å². The molecule has 5 N–H and O–H groups in total. The Morgan fingerprint density at radius 1 is 0.714 bits per heavy atom. The maximum absolute atomic E-state index is 11.0. The number of aliphatic imine (C=N–C) groups is 1. The number of phenolic OH excluding ortho intramolecular Hbond substituents is 3. The van der Waals surface area contributed by atoms with Gasteiger partial charge in [0.15, 0.2) is 11.5 Å². The molecule has 261 valence electrons. The molecule has 49 heavy (non-hydrogen) atoms. The van der Waals surface area contributed by atoms with Crippen molar-refractivity contribution in [1.82, 2.24) is 5.32 Å². The molecule has 0 unspecified atom stereocenters. The summed E-state index contributed by atoms with van der Waals surface area (Å²) in [6.45, 7) is 2.04. The first-order chi connectivity index (χ1) is 23.8. The Morgan fingerprint density at radius 3 is 1.84 bits per heavy atom. The topological polar surface area (TPSA) is 122 Å². The van der Waals surface area contributed by atoms with Crippen molar-refractivity contribution >= 4 is 17.0 Å². The van der Waals surface area contributed by atoms with Crippen LogP contribution in [0.3, 0.4) is 0 Å². The molecule has 8 aliphatic carbocycles. The number of benzene rings is 3. The Kier molecular flexibility index (Phi) is 10.3. The molecule has 11 rings (SSSR count). The van der Waals surface area contributed by atoms with Crippen LogP contribution in [0.4, 0.5) is 0 Å². The molecule has 7 nitrogen and oxygen atoms in total. The summed E-state index contributed by atoms with van der Waals surface area (Å²) in [7, 11) is 0. The fourth-order valence-corrected chi connectivity index (χ4v) is 12.2. The van der Waals surface area contributed by atoms with Crippen molar-refractivity contribution in [1.29, 1.82) is 0 Å². The van der Waals surface area contributed by atoms with Crippen LogP contribution in [-0.4, -0.2) is 52.9 Å². The van der Waals surface area contributed by atoms with Crippen molar-refractivity contribution in [3.8, 4) is 17.2 Å². The first-order valence-electron chi connectivity index (χ1n) is 18.6. The standard InChI is InChI=1S/C26H34O2.C15H18N2O2.O.V/c27-23-8-21(25-9-15-1-16(10-25)3-17(2-15)11-25)7-22(24(23)28)26-12-18-4-19(13-26)6-20(5-18)14-26;18-10-9-16-7-8-17-11-14-13-4-2-1-3-12(13)5-6-15(14)19;;/h7-8,15-20,27-28H,1-6,9-14H2;1-6,11,16,18-19H,7-10H2;;. The Hall–Kier alpha value is -2.71. The second-order valence-corrected chi connectivity index (χ2v) is 16.5. The summed E-state index contributed by atoms with van der Waals surface area (Å²) in [6, 6.07) is 15.9. The molecule has 3 aromatic rings. The van der Waals surface area contributed by atoms with E-state index in [-0.39, 0.29) is 34.7 Å². The van der Waals surface area contributed by atoms with Gasteiger partial charge in [0.1, 0.15) is 5.75 Å². The van der Waals surface area contributed by atoms with Crippen LogP contribution in [0.1, 0.15) is 93.7 Å². The fraction of sp³-hybridized carbons (Fsp3) is 0.585. The maximum atomic E-state index is 11.0. The van der Waals surface area contributed by atoms with Gasteiger partial charge in [0.2, 0.25) is 0 Å². The van der Waals surface area contributed by atoms with Gasteiger partial charge in [0.05, 0.1) is 13.2 Å². The van der Waals surface area contributed by atoms with Crippen LogP contribution >= 0.6 is 0 Å². The monoisotopic (exact) mass is 703 g/mol.